The summed E-state index contributed by atoms with van der Waals surface area (Å²) in [6.45, 7) is 2.68. The second-order valence-electron chi connectivity index (χ2n) is 8.44. The molecule has 0 radical (unpaired) electrons. The molecule has 0 saturated carbocycles. The fourth-order valence-electron chi connectivity index (χ4n) is 4.67. The van der Waals surface area contributed by atoms with Gasteiger partial charge in [-0.15, -0.1) is 0 Å². The molecule has 4 rings (SSSR count). The zero-order valence-electron chi connectivity index (χ0n) is 18.5. The van der Waals surface area contributed by atoms with E-state index in [1.807, 2.05) is 49.5 Å². The zero-order valence-corrected chi connectivity index (χ0v) is 19.3. The Balaban J connectivity index is 1.57. The Morgan fingerprint density at radius 2 is 1.88 bits per heavy atom. The minimum atomic E-state index is -3.42. The Bertz CT molecular complexity index is 1160. The standard InChI is InChI=1S/C25H31N3O3S/c1-2-16-32(30,31)28-15-9-8-14-24(28)25(29)27-17-21(19-10-4-3-5-11-19)22-18-26-23-13-7-6-12-20(22)23/h3-7,10-13,18,21,24,26H,2,8-9,14-17H2,1H3,(H,27,29)/t21-,24-/m1/s1. The molecule has 2 heterocycles. The van der Waals surface area contributed by atoms with Crippen LogP contribution in [0.1, 0.15) is 49.7 Å². The van der Waals surface area contributed by atoms with Crippen LogP contribution in [0, 0.1) is 0 Å². The van der Waals surface area contributed by atoms with Crippen molar-refractivity contribution in [2.24, 2.45) is 0 Å². The molecule has 2 aromatic carbocycles. The van der Waals surface area contributed by atoms with Crippen molar-refractivity contribution in [3.05, 3.63) is 71.9 Å². The second kappa shape index (κ2) is 9.88. The van der Waals surface area contributed by atoms with Gasteiger partial charge in [-0.05, 0) is 36.5 Å². The van der Waals surface area contributed by atoms with Crippen LogP contribution in [0.5, 0.6) is 0 Å². The molecule has 1 aliphatic rings. The lowest BCUT2D eigenvalue weighted by Gasteiger charge is -2.34. The van der Waals surface area contributed by atoms with Gasteiger partial charge in [-0.3, -0.25) is 4.79 Å². The monoisotopic (exact) mass is 453 g/mol. The van der Waals surface area contributed by atoms with E-state index in [4.69, 9.17) is 0 Å². The average Bonchev–Trinajstić information content (AvgIpc) is 3.24. The SMILES string of the molecule is CCCS(=O)(=O)N1CCCC[C@@H]1C(=O)NC[C@H](c1ccccc1)c1c[nH]c2ccccc12. The number of aromatic nitrogens is 1. The highest BCUT2D eigenvalue weighted by Crippen LogP contribution is 2.30. The first-order valence-corrected chi connectivity index (χ1v) is 13.0. The number of amides is 1. The smallest absolute Gasteiger partial charge is 0.238 e. The number of piperidine rings is 1. The fourth-order valence-corrected chi connectivity index (χ4v) is 6.42. The molecule has 1 fully saturated rings. The molecule has 1 amide bonds. The summed E-state index contributed by atoms with van der Waals surface area (Å²) in [5.41, 5.74) is 3.28. The van der Waals surface area contributed by atoms with Gasteiger partial charge in [0.25, 0.3) is 0 Å². The summed E-state index contributed by atoms with van der Waals surface area (Å²) in [5.74, 6) is -0.163. The van der Waals surface area contributed by atoms with E-state index in [0.717, 1.165) is 34.9 Å². The number of rotatable bonds is 8. The van der Waals surface area contributed by atoms with Crippen LogP contribution in [0.4, 0.5) is 0 Å². The van der Waals surface area contributed by atoms with Crippen LogP contribution in [-0.4, -0.2) is 48.5 Å². The summed E-state index contributed by atoms with van der Waals surface area (Å²) < 4.78 is 26.9. The second-order valence-corrected chi connectivity index (χ2v) is 10.5. The lowest BCUT2D eigenvalue weighted by atomic mass is 9.90. The van der Waals surface area contributed by atoms with Gasteiger partial charge in [0.15, 0.2) is 0 Å². The first kappa shape index (κ1) is 22.6. The summed E-state index contributed by atoms with van der Waals surface area (Å²) in [6, 6.07) is 17.6. The van der Waals surface area contributed by atoms with Crippen LogP contribution in [0.2, 0.25) is 0 Å². The van der Waals surface area contributed by atoms with Gasteiger partial charge in [0, 0.05) is 36.1 Å². The molecule has 0 aliphatic carbocycles. The summed E-state index contributed by atoms with van der Waals surface area (Å²) in [7, 11) is -3.42. The highest BCUT2D eigenvalue weighted by atomic mass is 32.2. The largest absolute Gasteiger partial charge is 0.361 e. The Morgan fingerprint density at radius 3 is 2.66 bits per heavy atom. The van der Waals surface area contributed by atoms with E-state index in [1.165, 1.54) is 4.31 Å². The van der Waals surface area contributed by atoms with Gasteiger partial charge >= 0.3 is 0 Å². The van der Waals surface area contributed by atoms with E-state index in [9.17, 15) is 13.2 Å². The van der Waals surface area contributed by atoms with E-state index >= 15 is 0 Å². The number of hydrogen-bond donors (Lipinski definition) is 2. The van der Waals surface area contributed by atoms with Gasteiger partial charge in [0.1, 0.15) is 6.04 Å². The molecular weight excluding hydrogens is 422 g/mol. The van der Waals surface area contributed by atoms with E-state index in [-0.39, 0.29) is 17.6 Å². The average molecular weight is 454 g/mol. The highest BCUT2D eigenvalue weighted by molar-refractivity contribution is 7.89. The van der Waals surface area contributed by atoms with Crippen LogP contribution in [0.15, 0.2) is 60.8 Å². The molecule has 0 spiro atoms. The van der Waals surface area contributed by atoms with E-state index in [1.54, 1.807) is 0 Å². The van der Waals surface area contributed by atoms with Crippen LogP contribution < -0.4 is 5.32 Å². The number of sulfonamides is 1. The van der Waals surface area contributed by atoms with Crippen molar-refractivity contribution < 1.29 is 13.2 Å². The normalized spacial score (nSPS) is 18.5. The Labute approximate surface area is 190 Å². The molecule has 1 aliphatic heterocycles. The first-order valence-electron chi connectivity index (χ1n) is 11.4. The predicted molar refractivity (Wildman–Crippen MR) is 128 cm³/mol. The van der Waals surface area contributed by atoms with Crippen LogP contribution in [-0.2, 0) is 14.8 Å². The third-order valence-corrected chi connectivity index (χ3v) is 8.33. The van der Waals surface area contributed by atoms with E-state index in [2.05, 4.69) is 28.5 Å². The van der Waals surface area contributed by atoms with E-state index in [0.29, 0.717) is 25.9 Å². The summed E-state index contributed by atoms with van der Waals surface area (Å²) in [5, 5.41) is 4.21. The molecule has 170 valence electrons. The fraction of sp³-hybridized carbons (Fsp3) is 0.400. The van der Waals surface area contributed by atoms with Gasteiger partial charge in [-0.1, -0.05) is 61.9 Å². The van der Waals surface area contributed by atoms with Crippen molar-refractivity contribution in [1.82, 2.24) is 14.6 Å². The third kappa shape index (κ3) is 4.74. The quantitative estimate of drug-likeness (QED) is 0.541. The van der Waals surface area contributed by atoms with Crippen LogP contribution >= 0.6 is 0 Å². The van der Waals surface area contributed by atoms with Gasteiger partial charge < -0.3 is 10.3 Å². The Hall–Kier alpha value is -2.64. The summed E-state index contributed by atoms with van der Waals surface area (Å²) >= 11 is 0. The molecule has 1 aromatic heterocycles. The van der Waals surface area contributed by atoms with Crippen molar-refractivity contribution in [2.75, 3.05) is 18.8 Å². The van der Waals surface area contributed by atoms with Gasteiger partial charge in [0.05, 0.1) is 5.75 Å². The van der Waals surface area contributed by atoms with Crippen molar-refractivity contribution in [2.45, 2.75) is 44.6 Å². The molecule has 32 heavy (non-hydrogen) atoms. The Morgan fingerprint density at radius 1 is 1.12 bits per heavy atom. The minimum Gasteiger partial charge on any atom is -0.361 e. The third-order valence-electron chi connectivity index (χ3n) is 6.25. The molecular formula is C25H31N3O3S. The van der Waals surface area contributed by atoms with Crippen LogP contribution in [0.3, 0.4) is 0 Å². The highest BCUT2D eigenvalue weighted by Gasteiger charge is 2.36. The topological polar surface area (TPSA) is 82.3 Å². The summed E-state index contributed by atoms with van der Waals surface area (Å²) in [6.07, 6.45) is 4.78. The number of para-hydroxylation sites is 1. The molecule has 2 atom stereocenters. The van der Waals surface area contributed by atoms with E-state index < -0.39 is 16.1 Å². The molecule has 0 bridgehead atoms. The van der Waals surface area contributed by atoms with Gasteiger partial charge in [-0.25, -0.2) is 8.42 Å². The number of carbonyl (C=O) groups is 1. The minimum absolute atomic E-state index is 0.0411. The van der Waals surface area contributed by atoms with Gasteiger partial charge in [-0.2, -0.15) is 4.31 Å². The van der Waals surface area contributed by atoms with Gasteiger partial charge in [0.2, 0.25) is 15.9 Å². The van der Waals surface area contributed by atoms with Crippen molar-refractivity contribution in [3.8, 4) is 0 Å². The maximum Gasteiger partial charge on any atom is 0.238 e. The van der Waals surface area contributed by atoms with Crippen molar-refractivity contribution in [3.63, 3.8) is 0 Å². The molecule has 0 unspecified atom stereocenters. The first-order chi connectivity index (χ1) is 15.5. The molecule has 3 aromatic rings. The molecule has 2 N–H and O–H groups in total. The number of H-pyrrole nitrogens is 1. The maximum atomic E-state index is 13.2. The number of aromatic amines is 1. The number of fused-ring (bicyclic) bond motifs is 1. The van der Waals surface area contributed by atoms with Crippen LogP contribution in [0.25, 0.3) is 10.9 Å². The molecule has 6 nitrogen and oxygen atoms in total. The number of carbonyl (C=O) groups excluding carboxylic acids is 1. The molecule has 7 heteroatoms. The lowest BCUT2D eigenvalue weighted by Crippen LogP contribution is -2.52. The number of benzene rings is 2. The predicted octanol–water partition coefficient (Wildman–Crippen LogP) is 4.01. The zero-order chi connectivity index (χ0) is 22.6. The number of hydrogen-bond acceptors (Lipinski definition) is 3. The molecule has 1 saturated heterocycles. The van der Waals surface area contributed by atoms with Crippen molar-refractivity contribution in [1.29, 1.82) is 0 Å². The number of nitrogens with zero attached hydrogens (tertiary/aromatic N) is 1. The van der Waals surface area contributed by atoms with Crippen molar-refractivity contribution >= 4 is 26.8 Å². The Kier molecular flexibility index (Phi) is 6.96. The maximum absolute atomic E-state index is 13.2. The lowest BCUT2D eigenvalue weighted by molar-refractivity contribution is -0.125. The number of nitrogens with one attached hydrogen (secondary N) is 2. The summed E-state index contributed by atoms with van der Waals surface area (Å²) in [4.78, 5) is 16.5.